The summed E-state index contributed by atoms with van der Waals surface area (Å²) in [4.78, 5) is 34.6. The zero-order chi connectivity index (χ0) is 26.7. The molecule has 0 aliphatic carbocycles. The van der Waals surface area contributed by atoms with Gasteiger partial charge in [-0.25, -0.2) is 18.7 Å². The van der Waals surface area contributed by atoms with E-state index in [-0.39, 0.29) is 29.7 Å². The van der Waals surface area contributed by atoms with E-state index < -0.39 is 28.8 Å². The summed E-state index contributed by atoms with van der Waals surface area (Å²) in [6.07, 6.45) is 2.75. The lowest BCUT2D eigenvalue weighted by Gasteiger charge is -2.37. The zero-order valence-electron chi connectivity index (χ0n) is 20.1. The molecule has 0 bridgehead atoms. The Bertz CT molecular complexity index is 1370. The summed E-state index contributed by atoms with van der Waals surface area (Å²) in [5.41, 5.74) is 0.405. The van der Waals surface area contributed by atoms with E-state index >= 15 is 0 Å². The van der Waals surface area contributed by atoms with Crippen LogP contribution in [-0.2, 0) is 9.59 Å². The molecule has 2 N–H and O–H groups in total. The molecule has 0 saturated carbocycles. The van der Waals surface area contributed by atoms with Crippen molar-refractivity contribution in [3.05, 3.63) is 59.9 Å². The van der Waals surface area contributed by atoms with Gasteiger partial charge in [-0.3, -0.25) is 9.59 Å². The Balaban J connectivity index is 1.66. The number of nitrogens with zero attached hydrogens (tertiary/aromatic N) is 3. The lowest BCUT2D eigenvalue weighted by atomic mass is 9.98. The molecule has 2 heterocycles. The van der Waals surface area contributed by atoms with Gasteiger partial charge in [0.25, 0.3) is 0 Å². The van der Waals surface area contributed by atoms with Crippen molar-refractivity contribution in [2.45, 2.75) is 25.0 Å². The number of piperidine rings is 1. The van der Waals surface area contributed by atoms with Crippen molar-refractivity contribution in [2.75, 3.05) is 26.0 Å². The normalized spacial score (nSPS) is 17.3. The number of carbonyl (C=O) groups excluding carboxylic acids is 2. The number of carbonyl (C=O) groups is 2. The standard InChI is InChI=1S/C25H24ClF2N5O4/c1-4-21(34)33-8-7-13(9-18(33)25(35)29-2)37-20-10-14-17(11-19(20)36-3)30-12-31-24(14)32-16-6-5-15(27)22(26)23(16)28/h4-6,10-13,18H,1,7-9H2,2-3H3,(H,29,35)(H,30,31,32)/t13-,18-/m0/s1. The molecule has 1 saturated heterocycles. The highest BCUT2D eigenvalue weighted by Gasteiger charge is 2.36. The van der Waals surface area contributed by atoms with Crippen LogP contribution in [0.5, 0.6) is 11.5 Å². The second-order valence-electron chi connectivity index (χ2n) is 8.22. The third-order valence-corrected chi connectivity index (χ3v) is 6.41. The molecule has 0 spiro atoms. The van der Waals surface area contributed by atoms with Crippen molar-refractivity contribution in [1.82, 2.24) is 20.2 Å². The second kappa shape index (κ2) is 11.0. The number of nitrogens with one attached hydrogen (secondary N) is 2. The Morgan fingerprint density at radius 3 is 2.73 bits per heavy atom. The molecule has 2 amide bonds. The highest BCUT2D eigenvalue weighted by atomic mass is 35.5. The third kappa shape index (κ3) is 5.26. The number of rotatable bonds is 7. The van der Waals surface area contributed by atoms with E-state index in [0.717, 1.165) is 6.07 Å². The first kappa shape index (κ1) is 26.1. The number of hydrogen-bond donors (Lipinski definition) is 2. The molecule has 1 aliphatic heterocycles. The number of methoxy groups -OCH3 is 1. The van der Waals surface area contributed by atoms with Gasteiger partial charge in [0.15, 0.2) is 17.3 Å². The fourth-order valence-electron chi connectivity index (χ4n) is 4.18. The number of likely N-dealkylation sites (N-methyl/N-ethyl adjacent to an activating group) is 1. The summed E-state index contributed by atoms with van der Waals surface area (Å²) in [6, 6.07) is 4.80. The summed E-state index contributed by atoms with van der Waals surface area (Å²) < 4.78 is 39.8. The number of halogens is 3. The smallest absolute Gasteiger partial charge is 0.246 e. The van der Waals surface area contributed by atoms with Gasteiger partial charge in [0.05, 0.1) is 18.3 Å². The van der Waals surface area contributed by atoms with Gasteiger partial charge in [-0.2, -0.15) is 0 Å². The molecule has 0 unspecified atom stereocenters. The molecular formula is C25H24ClF2N5O4. The Labute approximate surface area is 216 Å². The number of anilines is 2. The SMILES string of the molecule is C=CC(=O)N1CC[C@H](Oc2cc3c(Nc4ccc(F)c(Cl)c4F)ncnc3cc2OC)C[C@H]1C(=O)NC. The van der Waals surface area contributed by atoms with Crippen molar-refractivity contribution in [1.29, 1.82) is 0 Å². The molecule has 2 atom stereocenters. The molecule has 4 rings (SSSR count). The van der Waals surface area contributed by atoms with Crippen LogP contribution in [0.2, 0.25) is 5.02 Å². The number of hydrogen-bond acceptors (Lipinski definition) is 7. The average molecular weight is 532 g/mol. The van der Waals surface area contributed by atoms with E-state index in [4.69, 9.17) is 21.1 Å². The monoisotopic (exact) mass is 531 g/mol. The van der Waals surface area contributed by atoms with Crippen LogP contribution in [0.4, 0.5) is 20.3 Å². The van der Waals surface area contributed by atoms with E-state index in [1.807, 2.05) is 0 Å². The van der Waals surface area contributed by atoms with Gasteiger partial charge >= 0.3 is 0 Å². The molecule has 0 radical (unpaired) electrons. The molecule has 194 valence electrons. The Morgan fingerprint density at radius 1 is 1.24 bits per heavy atom. The average Bonchev–Trinajstić information content (AvgIpc) is 2.92. The van der Waals surface area contributed by atoms with Crippen molar-refractivity contribution >= 4 is 45.8 Å². The lowest BCUT2D eigenvalue weighted by Crippen LogP contribution is -2.54. The highest BCUT2D eigenvalue weighted by Crippen LogP contribution is 2.37. The van der Waals surface area contributed by atoms with Crippen LogP contribution in [0.15, 0.2) is 43.2 Å². The molecule has 12 heteroatoms. The van der Waals surface area contributed by atoms with Crippen LogP contribution in [-0.4, -0.2) is 59.5 Å². The van der Waals surface area contributed by atoms with E-state index in [2.05, 4.69) is 27.2 Å². The van der Waals surface area contributed by atoms with E-state index in [1.54, 1.807) is 12.1 Å². The lowest BCUT2D eigenvalue weighted by molar-refractivity contribution is -0.140. The molecule has 2 aromatic carbocycles. The first-order valence-electron chi connectivity index (χ1n) is 11.3. The molecule has 1 fully saturated rings. The summed E-state index contributed by atoms with van der Waals surface area (Å²) in [7, 11) is 2.98. The van der Waals surface area contributed by atoms with E-state index in [9.17, 15) is 18.4 Å². The minimum absolute atomic E-state index is 0.0719. The topological polar surface area (TPSA) is 106 Å². The largest absolute Gasteiger partial charge is 0.493 e. The minimum atomic E-state index is -0.959. The summed E-state index contributed by atoms with van der Waals surface area (Å²) in [5, 5.41) is 5.24. The maximum atomic E-state index is 14.5. The first-order chi connectivity index (χ1) is 17.8. The predicted octanol–water partition coefficient (Wildman–Crippen LogP) is 3.98. The second-order valence-corrected chi connectivity index (χ2v) is 8.60. The van der Waals surface area contributed by atoms with Gasteiger partial charge in [-0.05, 0) is 24.3 Å². The Hall–Kier alpha value is -3.99. The highest BCUT2D eigenvalue weighted by molar-refractivity contribution is 6.31. The minimum Gasteiger partial charge on any atom is -0.493 e. The van der Waals surface area contributed by atoms with Gasteiger partial charge in [-0.1, -0.05) is 18.2 Å². The quantitative estimate of drug-likeness (QED) is 0.351. The van der Waals surface area contributed by atoms with Gasteiger partial charge in [0.2, 0.25) is 11.8 Å². The molecule has 9 nitrogen and oxygen atoms in total. The maximum Gasteiger partial charge on any atom is 0.246 e. The molecule has 37 heavy (non-hydrogen) atoms. The number of likely N-dealkylation sites (tertiary alicyclic amines) is 1. The van der Waals surface area contributed by atoms with Crippen LogP contribution < -0.4 is 20.1 Å². The summed E-state index contributed by atoms with van der Waals surface area (Å²) >= 11 is 5.71. The first-order valence-corrected chi connectivity index (χ1v) is 11.7. The fraction of sp³-hybridized carbons (Fsp3) is 0.280. The Morgan fingerprint density at radius 2 is 2.03 bits per heavy atom. The predicted molar refractivity (Wildman–Crippen MR) is 134 cm³/mol. The number of fused-ring (bicyclic) bond motifs is 1. The van der Waals surface area contributed by atoms with Crippen LogP contribution in [0.1, 0.15) is 12.8 Å². The summed E-state index contributed by atoms with van der Waals surface area (Å²) in [5.74, 6) is -1.53. The summed E-state index contributed by atoms with van der Waals surface area (Å²) in [6.45, 7) is 3.80. The molecular weight excluding hydrogens is 508 g/mol. The van der Waals surface area contributed by atoms with Crippen molar-refractivity contribution in [2.24, 2.45) is 0 Å². The number of ether oxygens (including phenoxy) is 2. The van der Waals surface area contributed by atoms with Gasteiger partial charge in [0, 0.05) is 37.9 Å². The molecule has 1 aromatic heterocycles. The van der Waals surface area contributed by atoms with Crippen molar-refractivity contribution < 1.29 is 27.8 Å². The number of amides is 2. The maximum absolute atomic E-state index is 14.5. The van der Waals surface area contributed by atoms with Crippen molar-refractivity contribution in [3.63, 3.8) is 0 Å². The van der Waals surface area contributed by atoms with Gasteiger partial charge in [-0.15, -0.1) is 0 Å². The van der Waals surface area contributed by atoms with Crippen LogP contribution in [0.3, 0.4) is 0 Å². The van der Waals surface area contributed by atoms with Crippen LogP contribution >= 0.6 is 11.6 Å². The van der Waals surface area contributed by atoms with E-state index in [1.165, 1.54) is 37.5 Å². The zero-order valence-corrected chi connectivity index (χ0v) is 20.8. The molecule has 3 aromatic rings. The van der Waals surface area contributed by atoms with Gasteiger partial charge < -0.3 is 25.0 Å². The Kier molecular flexibility index (Phi) is 7.72. The third-order valence-electron chi connectivity index (χ3n) is 6.06. The van der Waals surface area contributed by atoms with Crippen molar-refractivity contribution in [3.8, 4) is 11.5 Å². The number of benzene rings is 2. The van der Waals surface area contributed by atoms with Crippen LogP contribution in [0, 0.1) is 11.6 Å². The van der Waals surface area contributed by atoms with Crippen LogP contribution in [0.25, 0.3) is 10.9 Å². The van der Waals surface area contributed by atoms with E-state index in [0.29, 0.717) is 35.4 Å². The fourth-order valence-corrected chi connectivity index (χ4v) is 4.35. The number of aromatic nitrogens is 2. The van der Waals surface area contributed by atoms with Gasteiger partial charge in [0.1, 0.15) is 35.1 Å². The molecule has 1 aliphatic rings.